The molecule has 0 fully saturated rings. The molecular formula is C17H16Cl2N8O4. The smallest absolute Gasteiger partial charge is 0.384 e. The standard InChI is InChI=1S/C17H16Cl2N8O4/c18-9-1-2-10(11(19)7-9)14-15(26(28)29)23-8-13(25-14)22-6-5-17(27(30)31)4-3-12(20)24-16(17)21/h1-4,7-8,16H,5-6,21H2,(H2,20,24)(H,22,25). The third-order valence-electron chi connectivity index (χ3n) is 4.63. The van der Waals surface area contributed by atoms with Crippen LogP contribution < -0.4 is 16.8 Å². The topological polar surface area (TPSA) is 188 Å². The zero-order valence-corrected chi connectivity index (χ0v) is 17.2. The van der Waals surface area contributed by atoms with Gasteiger partial charge in [-0.2, -0.15) is 0 Å². The lowest BCUT2D eigenvalue weighted by molar-refractivity contribution is -0.559. The summed E-state index contributed by atoms with van der Waals surface area (Å²) in [6, 6.07) is 4.42. The Hall–Kier alpha value is -3.35. The van der Waals surface area contributed by atoms with E-state index in [0.29, 0.717) is 5.02 Å². The summed E-state index contributed by atoms with van der Waals surface area (Å²) in [5, 5.41) is 26.4. The van der Waals surface area contributed by atoms with E-state index in [1.165, 1.54) is 30.4 Å². The summed E-state index contributed by atoms with van der Waals surface area (Å²) >= 11 is 12.1. The second kappa shape index (κ2) is 8.79. The molecule has 5 N–H and O–H groups in total. The van der Waals surface area contributed by atoms with Crippen LogP contribution in [0.2, 0.25) is 10.0 Å². The number of nitro groups is 2. The first-order chi connectivity index (χ1) is 14.6. The normalized spacial score (nSPS) is 20.2. The van der Waals surface area contributed by atoms with Gasteiger partial charge in [0.05, 0.1) is 5.02 Å². The molecule has 1 aromatic heterocycles. The molecular weight excluding hydrogens is 451 g/mol. The Morgan fingerprint density at radius 1 is 1.26 bits per heavy atom. The molecule has 0 aliphatic carbocycles. The van der Waals surface area contributed by atoms with Gasteiger partial charge >= 0.3 is 5.82 Å². The molecule has 1 aromatic carbocycles. The SMILES string of the molecule is NC1=NC(N)C(CCNc2cnc([N+](=O)[O-])c(-c3ccc(Cl)cc3Cl)n2)([N+](=O)[O-])C=C1. The number of dihydropyridines is 1. The summed E-state index contributed by atoms with van der Waals surface area (Å²) in [5.74, 6) is -0.247. The van der Waals surface area contributed by atoms with E-state index in [2.05, 4.69) is 20.3 Å². The Labute approximate surface area is 185 Å². The minimum absolute atomic E-state index is 0.0503. The molecule has 0 bridgehead atoms. The van der Waals surface area contributed by atoms with Gasteiger partial charge in [0, 0.05) is 28.5 Å². The number of aliphatic imine (C=N–C) groups is 1. The number of hydrogen-bond acceptors (Lipinski definition) is 10. The van der Waals surface area contributed by atoms with Crippen molar-refractivity contribution >= 4 is 40.7 Å². The number of halogens is 2. The van der Waals surface area contributed by atoms with Gasteiger partial charge in [-0.3, -0.25) is 10.1 Å². The lowest BCUT2D eigenvalue weighted by atomic mass is 9.90. The number of hydrogen-bond donors (Lipinski definition) is 3. The van der Waals surface area contributed by atoms with Gasteiger partial charge in [-0.25, -0.2) is 9.98 Å². The largest absolute Gasteiger partial charge is 0.390 e. The molecule has 0 saturated heterocycles. The van der Waals surface area contributed by atoms with Crippen molar-refractivity contribution in [1.82, 2.24) is 9.97 Å². The fourth-order valence-corrected chi connectivity index (χ4v) is 3.49. The second-order valence-corrected chi connectivity index (χ2v) is 7.41. The van der Waals surface area contributed by atoms with Gasteiger partial charge in [0.1, 0.15) is 5.84 Å². The van der Waals surface area contributed by atoms with Crippen molar-refractivity contribution in [1.29, 1.82) is 0 Å². The first-order valence-electron chi connectivity index (χ1n) is 8.77. The Balaban J connectivity index is 1.85. The van der Waals surface area contributed by atoms with E-state index >= 15 is 0 Å². The van der Waals surface area contributed by atoms with Crippen molar-refractivity contribution in [3.63, 3.8) is 0 Å². The predicted molar refractivity (Wildman–Crippen MR) is 116 cm³/mol. The fourth-order valence-electron chi connectivity index (χ4n) is 2.99. The molecule has 162 valence electrons. The summed E-state index contributed by atoms with van der Waals surface area (Å²) in [6.45, 7) is 0.0503. The summed E-state index contributed by atoms with van der Waals surface area (Å²) in [4.78, 5) is 33.8. The Kier molecular flexibility index (Phi) is 6.34. The van der Waals surface area contributed by atoms with E-state index in [0.717, 1.165) is 6.20 Å². The van der Waals surface area contributed by atoms with Crippen LogP contribution in [0.3, 0.4) is 0 Å². The number of nitrogens with one attached hydrogen (secondary N) is 1. The summed E-state index contributed by atoms with van der Waals surface area (Å²) in [6.07, 6.45) is 2.57. The Bertz CT molecular complexity index is 1110. The summed E-state index contributed by atoms with van der Waals surface area (Å²) in [5.41, 5.74) is 9.93. The first kappa shape index (κ1) is 22.3. The maximum absolute atomic E-state index is 11.7. The van der Waals surface area contributed by atoms with E-state index in [4.69, 9.17) is 34.7 Å². The zero-order valence-electron chi connectivity index (χ0n) is 15.7. The van der Waals surface area contributed by atoms with Crippen LogP contribution in [-0.4, -0.2) is 43.9 Å². The maximum Gasteiger partial charge on any atom is 0.390 e. The van der Waals surface area contributed by atoms with Crippen molar-refractivity contribution in [3.8, 4) is 11.3 Å². The molecule has 1 aliphatic rings. The number of nitrogens with zero attached hydrogens (tertiary/aromatic N) is 5. The number of rotatable bonds is 7. The lowest BCUT2D eigenvalue weighted by Gasteiger charge is -2.28. The zero-order chi connectivity index (χ0) is 22.8. The van der Waals surface area contributed by atoms with Crippen molar-refractivity contribution < 1.29 is 9.85 Å². The van der Waals surface area contributed by atoms with Crippen LogP contribution in [0.4, 0.5) is 11.6 Å². The fraction of sp³-hybridized carbons (Fsp3) is 0.235. The van der Waals surface area contributed by atoms with Crippen molar-refractivity contribution in [2.24, 2.45) is 16.5 Å². The molecule has 14 heteroatoms. The van der Waals surface area contributed by atoms with Crippen molar-refractivity contribution in [3.05, 3.63) is 66.8 Å². The lowest BCUT2D eigenvalue weighted by Crippen LogP contribution is -2.54. The highest BCUT2D eigenvalue weighted by Crippen LogP contribution is 2.34. The van der Waals surface area contributed by atoms with Crippen LogP contribution in [0.15, 0.2) is 41.5 Å². The first-order valence-corrected chi connectivity index (χ1v) is 9.53. The van der Waals surface area contributed by atoms with Gasteiger partial charge in [-0.05, 0) is 40.3 Å². The quantitative estimate of drug-likeness (QED) is 0.405. The molecule has 0 saturated carbocycles. The number of benzene rings is 1. The van der Waals surface area contributed by atoms with Gasteiger partial charge < -0.3 is 26.9 Å². The third kappa shape index (κ3) is 4.55. The number of anilines is 1. The van der Waals surface area contributed by atoms with Gasteiger partial charge in [-0.1, -0.05) is 23.2 Å². The maximum atomic E-state index is 11.7. The third-order valence-corrected chi connectivity index (χ3v) is 5.17. The van der Waals surface area contributed by atoms with Gasteiger partial charge in [-0.15, -0.1) is 0 Å². The van der Waals surface area contributed by atoms with Crippen LogP contribution in [0.5, 0.6) is 0 Å². The average Bonchev–Trinajstić information content (AvgIpc) is 2.69. The summed E-state index contributed by atoms with van der Waals surface area (Å²) < 4.78 is 0. The van der Waals surface area contributed by atoms with E-state index in [1.54, 1.807) is 0 Å². The highest BCUT2D eigenvalue weighted by molar-refractivity contribution is 6.36. The predicted octanol–water partition coefficient (Wildman–Crippen LogP) is 2.39. The molecule has 1 aliphatic heterocycles. The Morgan fingerprint density at radius 2 is 2.00 bits per heavy atom. The van der Waals surface area contributed by atoms with E-state index < -0.39 is 27.4 Å². The number of aromatic nitrogens is 2. The Morgan fingerprint density at radius 3 is 2.61 bits per heavy atom. The molecule has 0 amide bonds. The highest BCUT2D eigenvalue weighted by atomic mass is 35.5. The van der Waals surface area contributed by atoms with Gasteiger partial charge in [0.15, 0.2) is 23.9 Å². The van der Waals surface area contributed by atoms with Crippen LogP contribution in [0.1, 0.15) is 6.42 Å². The molecule has 3 rings (SSSR count). The number of nitrogens with two attached hydrogens (primary N) is 2. The molecule has 2 aromatic rings. The monoisotopic (exact) mass is 466 g/mol. The van der Waals surface area contributed by atoms with Crippen molar-refractivity contribution in [2.75, 3.05) is 11.9 Å². The van der Waals surface area contributed by atoms with Crippen LogP contribution >= 0.6 is 23.2 Å². The molecule has 2 heterocycles. The van der Waals surface area contributed by atoms with E-state index in [9.17, 15) is 20.2 Å². The molecule has 0 radical (unpaired) electrons. The molecule has 12 nitrogen and oxygen atoms in total. The van der Waals surface area contributed by atoms with Gasteiger partial charge in [0.2, 0.25) is 0 Å². The summed E-state index contributed by atoms with van der Waals surface area (Å²) in [7, 11) is 0. The molecule has 31 heavy (non-hydrogen) atoms. The number of amidine groups is 1. The molecule has 2 unspecified atom stereocenters. The minimum Gasteiger partial charge on any atom is -0.384 e. The van der Waals surface area contributed by atoms with Crippen LogP contribution in [0, 0.1) is 20.2 Å². The van der Waals surface area contributed by atoms with E-state index in [1.807, 2.05) is 0 Å². The minimum atomic E-state index is -1.66. The van der Waals surface area contributed by atoms with Crippen molar-refractivity contribution in [2.45, 2.75) is 18.1 Å². The van der Waals surface area contributed by atoms with Gasteiger partial charge in [0.25, 0.3) is 5.54 Å². The highest BCUT2D eigenvalue weighted by Gasteiger charge is 2.48. The molecule has 2 atom stereocenters. The van der Waals surface area contributed by atoms with E-state index in [-0.39, 0.29) is 40.9 Å². The second-order valence-electron chi connectivity index (χ2n) is 6.57. The molecule has 0 spiro atoms. The van der Waals surface area contributed by atoms with Crippen LogP contribution in [-0.2, 0) is 0 Å². The van der Waals surface area contributed by atoms with Crippen LogP contribution in [0.25, 0.3) is 11.3 Å². The average molecular weight is 467 g/mol.